The van der Waals surface area contributed by atoms with E-state index in [1.54, 1.807) is 12.1 Å². The van der Waals surface area contributed by atoms with Crippen molar-refractivity contribution in [3.05, 3.63) is 28.8 Å². The van der Waals surface area contributed by atoms with E-state index in [4.69, 9.17) is 11.6 Å². The van der Waals surface area contributed by atoms with Gasteiger partial charge < -0.3 is 10.6 Å². The highest BCUT2D eigenvalue weighted by atomic mass is 35.5. The SMILES string of the molecule is Cc1ccc(Cl)cc1NC(=O)C(=O)NC12CC3CC(CC(C3)C1)C2. The number of hydrogen-bond acceptors (Lipinski definition) is 2. The first kappa shape index (κ1) is 15.9. The fraction of sp³-hybridized carbons (Fsp3) is 0.579. The van der Waals surface area contributed by atoms with Crippen LogP contribution in [0.2, 0.25) is 5.02 Å². The highest BCUT2D eigenvalue weighted by molar-refractivity contribution is 6.40. The summed E-state index contributed by atoms with van der Waals surface area (Å²) in [5.41, 5.74) is 1.33. The number of rotatable bonds is 2. The molecule has 0 aliphatic heterocycles. The molecule has 4 nitrogen and oxygen atoms in total. The van der Waals surface area contributed by atoms with E-state index in [9.17, 15) is 9.59 Å². The Morgan fingerprint density at radius 2 is 1.62 bits per heavy atom. The van der Waals surface area contributed by atoms with Crippen LogP contribution in [0, 0.1) is 24.7 Å². The molecular weight excluding hydrogens is 324 g/mol. The second-order valence-electron chi connectivity index (χ2n) is 8.07. The summed E-state index contributed by atoms with van der Waals surface area (Å²) >= 11 is 5.97. The lowest BCUT2D eigenvalue weighted by Crippen LogP contribution is -2.61. The van der Waals surface area contributed by atoms with Crippen LogP contribution in [0.3, 0.4) is 0 Å². The number of anilines is 1. The quantitative estimate of drug-likeness (QED) is 0.803. The van der Waals surface area contributed by atoms with E-state index >= 15 is 0 Å². The first-order valence-electron chi connectivity index (χ1n) is 8.82. The summed E-state index contributed by atoms with van der Waals surface area (Å²) in [5.74, 6) is 1.08. The molecule has 0 unspecified atom stereocenters. The average Bonchev–Trinajstić information content (AvgIpc) is 2.49. The van der Waals surface area contributed by atoms with Crippen molar-refractivity contribution in [2.24, 2.45) is 17.8 Å². The molecule has 0 saturated heterocycles. The Balaban J connectivity index is 1.44. The number of carbonyl (C=O) groups excluding carboxylic acids is 2. The van der Waals surface area contributed by atoms with E-state index in [-0.39, 0.29) is 5.54 Å². The summed E-state index contributed by atoms with van der Waals surface area (Å²) in [6.07, 6.45) is 7.03. The molecule has 4 saturated carbocycles. The van der Waals surface area contributed by atoms with Gasteiger partial charge in [-0.3, -0.25) is 9.59 Å². The number of nitrogens with one attached hydrogen (secondary N) is 2. The Morgan fingerprint density at radius 3 is 2.21 bits per heavy atom. The molecule has 4 fully saturated rings. The smallest absolute Gasteiger partial charge is 0.313 e. The largest absolute Gasteiger partial charge is 0.342 e. The molecule has 0 radical (unpaired) electrons. The number of amides is 2. The van der Waals surface area contributed by atoms with Crippen molar-refractivity contribution in [1.82, 2.24) is 5.32 Å². The lowest BCUT2D eigenvalue weighted by molar-refractivity contribution is -0.139. The molecule has 0 heterocycles. The van der Waals surface area contributed by atoms with Crippen LogP contribution in [0.25, 0.3) is 0 Å². The van der Waals surface area contributed by atoms with Crippen molar-refractivity contribution < 1.29 is 9.59 Å². The molecule has 1 aromatic rings. The van der Waals surface area contributed by atoms with E-state index in [1.165, 1.54) is 19.3 Å². The molecule has 2 amide bonds. The maximum absolute atomic E-state index is 12.5. The zero-order valence-corrected chi connectivity index (χ0v) is 14.7. The van der Waals surface area contributed by atoms with Crippen LogP contribution in [-0.2, 0) is 9.59 Å². The Morgan fingerprint density at radius 1 is 1.04 bits per heavy atom. The Kier molecular flexibility index (Phi) is 3.83. The average molecular weight is 347 g/mol. The highest BCUT2D eigenvalue weighted by Gasteiger charge is 2.51. The van der Waals surface area contributed by atoms with Crippen LogP contribution in [0.15, 0.2) is 18.2 Å². The van der Waals surface area contributed by atoms with Crippen molar-refractivity contribution in [3.63, 3.8) is 0 Å². The minimum absolute atomic E-state index is 0.146. The van der Waals surface area contributed by atoms with Gasteiger partial charge in [0.2, 0.25) is 0 Å². The van der Waals surface area contributed by atoms with Gasteiger partial charge in [-0.25, -0.2) is 0 Å². The molecule has 24 heavy (non-hydrogen) atoms. The van der Waals surface area contributed by atoms with Crippen LogP contribution in [0.1, 0.15) is 44.1 Å². The lowest BCUT2D eigenvalue weighted by atomic mass is 9.53. The predicted octanol–water partition coefficient (Wildman–Crippen LogP) is 3.67. The third-order valence-corrected chi connectivity index (χ3v) is 6.31. The minimum atomic E-state index is -0.601. The minimum Gasteiger partial charge on any atom is -0.342 e. The van der Waals surface area contributed by atoms with Gasteiger partial charge in [0.1, 0.15) is 0 Å². The number of carbonyl (C=O) groups is 2. The third-order valence-electron chi connectivity index (χ3n) is 6.07. The summed E-state index contributed by atoms with van der Waals surface area (Å²) in [4.78, 5) is 24.8. The Bertz CT molecular complexity index is 665. The molecule has 5 heteroatoms. The van der Waals surface area contributed by atoms with Crippen molar-refractivity contribution in [2.45, 2.75) is 51.0 Å². The third kappa shape index (κ3) is 2.92. The first-order valence-corrected chi connectivity index (χ1v) is 9.20. The van der Waals surface area contributed by atoms with Crippen molar-refractivity contribution >= 4 is 29.1 Å². The Labute approximate surface area is 147 Å². The van der Waals surface area contributed by atoms with Gasteiger partial charge in [0.15, 0.2) is 0 Å². The second kappa shape index (κ2) is 5.76. The second-order valence-corrected chi connectivity index (χ2v) is 8.50. The molecule has 128 valence electrons. The van der Waals surface area contributed by atoms with E-state index in [0.717, 1.165) is 42.6 Å². The number of halogens is 1. The van der Waals surface area contributed by atoms with Gasteiger partial charge in [0, 0.05) is 16.2 Å². The first-order chi connectivity index (χ1) is 11.4. The topological polar surface area (TPSA) is 58.2 Å². The van der Waals surface area contributed by atoms with Gasteiger partial charge in [-0.15, -0.1) is 0 Å². The van der Waals surface area contributed by atoms with E-state index in [1.807, 2.05) is 13.0 Å². The summed E-state index contributed by atoms with van der Waals surface area (Å²) in [6, 6.07) is 5.27. The van der Waals surface area contributed by atoms with E-state index in [0.29, 0.717) is 10.7 Å². The normalized spacial score (nSPS) is 33.3. The summed E-state index contributed by atoms with van der Waals surface area (Å²) in [7, 11) is 0. The van der Waals surface area contributed by atoms with Crippen LogP contribution in [0.5, 0.6) is 0 Å². The van der Waals surface area contributed by atoms with Crippen molar-refractivity contribution in [1.29, 1.82) is 0 Å². The maximum atomic E-state index is 12.5. The molecule has 4 bridgehead atoms. The van der Waals surface area contributed by atoms with E-state index < -0.39 is 11.8 Å². The number of hydrogen-bond donors (Lipinski definition) is 2. The Hall–Kier alpha value is -1.55. The number of benzene rings is 1. The summed E-state index contributed by atoms with van der Waals surface area (Å²) in [5, 5.41) is 6.33. The van der Waals surface area contributed by atoms with Crippen molar-refractivity contribution in [2.75, 3.05) is 5.32 Å². The van der Waals surface area contributed by atoms with Crippen LogP contribution < -0.4 is 10.6 Å². The van der Waals surface area contributed by atoms with Gasteiger partial charge in [0.25, 0.3) is 0 Å². The van der Waals surface area contributed by atoms with E-state index in [2.05, 4.69) is 10.6 Å². The van der Waals surface area contributed by atoms with Crippen LogP contribution in [0.4, 0.5) is 5.69 Å². The van der Waals surface area contributed by atoms with Gasteiger partial charge in [-0.05, 0) is 80.9 Å². The van der Waals surface area contributed by atoms with Gasteiger partial charge in [0.05, 0.1) is 0 Å². The molecule has 4 aliphatic rings. The fourth-order valence-electron chi connectivity index (χ4n) is 5.47. The van der Waals surface area contributed by atoms with Gasteiger partial charge in [-0.1, -0.05) is 17.7 Å². The lowest BCUT2D eigenvalue weighted by Gasteiger charge is -2.56. The predicted molar refractivity (Wildman–Crippen MR) is 93.9 cm³/mol. The zero-order valence-electron chi connectivity index (χ0n) is 13.9. The molecule has 1 aromatic carbocycles. The summed E-state index contributed by atoms with van der Waals surface area (Å²) in [6.45, 7) is 1.88. The van der Waals surface area contributed by atoms with Gasteiger partial charge in [-0.2, -0.15) is 0 Å². The zero-order chi connectivity index (χ0) is 16.9. The van der Waals surface area contributed by atoms with Gasteiger partial charge >= 0.3 is 11.8 Å². The molecule has 0 aromatic heterocycles. The molecule has 0 atom stereocenters. The molecule has 4 aliphatic carbocycles. The standard InChI is InChI=1S/C19H23ClN2O2/c1-11-2-3-15(20)7-16(11)21-17(23)18(24)22-19-8-12-4-13(9-19)6-14(5-12)10-19/h2-3,7,12-14H,4-6,8-10H2,1H3,(H,21,23)(H,22,24). The highest BCUT2D eigenvalue weighted by Crippen LogP contribution is 2.55. The molecular formula is C19H23ClN2O2. The maximum Gasteiger partial charge on any atom is 0.313 e. The monoisotopic (exact) mass is 346 g/mol. The molecule has 2 N–H and O–H groups in total. The fourth-order valence-corrected chi connectivity index (χ4v) is 5.64. The van der Waals surface area contributed by atoms with Crippen LogP contribution >= 0.6 is 11.6 Å². The molecule has 0 spiro atoms. The molecule has 5 rings (SSSR count). The van der Waals surface area contributed by atoms with Crippen molar-refractivity contribution in [3.8, 4) is 0 Å². The summed E-state index contributed by atoms with van der Waals surface area (Å²) < 4.78 is 0. The van der Waals surface area contributed by atoms with Crippen LogP contribution in [-0.4, -0.2) is 17.4 Å². The number of aryl methyl sites for hydroxylation is 1.